The van der Waals surface area contributed by atoms with E-state index in [9.17, 15) is 0 Å². The van der Waals surface area contributed by atoms with Crippen LogP contribution in [0.1, 0.15) is 11.3 Å². The van der Waals surface area contributed by atoms with Crippen LogP contribution >= 0.6 is 0 Å². The highest BCUT2D eigenvalue weighted by Gasteiger charge is 2.10. The van der Waals surface area contributed by atoms with Crippen molar-refractivity contribution in [2.45, 2.75) is 13.1 Å². The monoisotopic (exact) mass is 321 g/mol. The number of fused-ring (bicyclic) bond motifs is 1. The lowest BCUT2D eigenvalue weighted by Gasteiger charge is -2.14. The van der Waals surface area contributed by atoms with Crippen LogP contribution in [-0.2, 0) is 13.1 Å². The largest absolute Gasteiger partial charge is 0.359 e. The summed E-state index contributed by atoms with van der Waals surface area (Å²) in [7, 11) is 2.03. The fourth-order valence-corrected chi connectivity index (χ4v) is 2.61. The van der Waals surface area contributed by atoms with Crippen molar-refractivity contribution in [1.82, 2.24) is 25.4 Å². The van der Waals surface area contributed by atoms with Crippen LogP contribution in [-0.4, -0.2) is 32.4 Å². The van der Waals surface area contributed by atoms with E-state index in [1.54, 1.807) is 12.4 Å². The Morgan fingerprint density at radius 1 is 0.917 bits per heavy atom. The Hall–Kier alpha value is -3.06. The van der Waals surface area contributed by atoms with Crippen molar-refractivity contribution in [3.8, 4) is 11.3 Å². The Kier molecular flexibility index (Phi) is 3.76. The van der Waals surface area contributed by atoms with Crippen molar-refractivity contribution in [3.05, 3.63) is 60.1 Å². The third-order valence-corrected chi connectivity index (χ3v) is 3.73. The van der Waals surface area contributed by atoms with Gasteiger partial charge in [0.1, 0.15) is 16.7 Å². The molecule has 7 nitrogen and oxygen atoms in total. The van der Waals surface area contributed by atoms with Gasteiger partial charge in [-0.25, -0.2) is 4.63 Å². The van der Waals surface area contributed by atoms with Crippen LogP contribution in [0.25, 0.3) is 22.3 Å². The summed E-state index contributed by atoms with van der Waals surface area (Å²) < 4.78 is 10.2. The number of hydrogen-bond acceptors (Lipinski definition) is 7. The maximum atomic E-state index is 5.44. The minimum atomic E-state index is 0.660. The summed E-state index contributed by atoms with van der Waals surface area (Å²) >= 11 is 0. The summed E-state index contributed by atoms with van der Waals surface area (Å²) in [4.78, 5) is 6.15. The summed E-state index contributed by atoms with van der Waals surface area (Å²) in [5, 5.41) is 11.8. The molecule has 0 aliphatic carbocycles. The third kappa shape index (κ3) is 3.02. The van der Waals surface area contributed by atoms with Crippen molar-refractivity contribution in [1.29, 1.82) is 0 Å². The quantitative estimate of drug-likeness (QED) is 0.559. The van der Waals surface area contributed by atoms with Gasteiger partial charge in [-0.15, -0.1) is 0 Å². The summed E-state index contributed by atoms with van der Waals surface area (Å²) in [5.74, 6) is 0.813. The molecule has 0 spiro atoms. The Morgan fingerprint density at radius 3 is 2.62 bits per heavy atom. The summed E-state index contributed by atoms with van der Waals surface area (Å²) in [6.07, 6.45) is 3.48. The lowest BCUT2D eigenvalue weighted by atomic mass is 10.2. The number of benzene rings is 1. The van der Waals surface area contributed by atoms with Crippen molar-refractivity contribution >= 4 is 11.0 Å². The van der Waals surface area contributed by atoms with E-state index in [1.807, 2.05) is 43.4 Å². The molecular formula is C17H15N5O2. The molecule has 0 aliphatic heterocycles. The SMILES string of the molecule is CN(Cc1ccc2nonc2c1)Cc1cc(-c2ccncc2)no1. The number of rotatable bonds is 5. The topological polar surface area (TPSA) is 81.1 Å². The van der Waals surface area contributed by atoms with Crippen LogP contribution < -0.4 is 0 Å². The van der Waals surface area contributed by atoms with Crippen molar-refractivity contribution in [3.63, 3.8) is 0 Å². The summed E-state index contributed by atoms with van der Waals surface area (Å²) in [5.41, 5.74) is 4.47. The lowest BCUT2D eigenvalue weighted by Crippen LogP contribution is -2.16. The zero-order valence-corrected chi connectivity index (χ0v) is 13.1. The molecule has 0 N–H and O–H groups in total. The minimum Gasteiger partial charge on any atom is -0.359 e. The minimum absolute atomic E-state index is 0.660. The molecule has 0 fully saturated rings. The second-order valence-electron chi connectivity index (χ2n) is 5.67. The Bertz CT molecular complexity index is 948. The first-order valence-electron chi connectivity index (χ1n) is 7.54. The van der Waals surface area contributed by atoms with E-state index in [4.69, 9.17) is 9.15 Å². The molecule has 0 saturated heterocycles. The highest BCUT2D eigenvalue weighted by Crippen LogP contribution is 2.19. The van der Waals surface area contributed by atoms with Gasteiger partial charge in [0.25, 0.3) is 0 Å². The maximum absolute atomic E-state index is 5.44. The highest BCUT2D eigenvalue weighted by atomic mass is 16.6. The highest BCUT2D eigenvalue weighted by molar-refractivity contribution is 5.73. The zero-order chi connectivity index (χ0) is 16.4. The Balaban J connectivity index is 1.44. The van der Waals surface area contributed by atoms with Crippen LogP contribution in [0.3, 0.4) is 0 Å². The number of hydrogen-bond donors (Lipinski definition) is 0. The van der Waals surface area contributed by atoms with Gasteiger partial charge in [-0.05, 0) is 47.2 Å². The molecule has 4 rings (SSSR count). The summed E-state index contributed by atoms with van der Waals surface area (Å²) in [6, 6.07) is 11.7. The van der Waals surface area contributed by atoms with Gasteiger partial charge in [0.2, 0.25) is 0 Å². The molecule has 4 aromatic rings. The fourth-order valence-electron chi connectivity index (χ4n) is 2.61. The van der Waals surface area contributed by atoms with E-state index in [2.05, 4.69) is 25.4 Å². The molecule has 0 bridgehead atoms. The molecule has 0 atom stereocenters. The van der Waals surface area contributed by atoms with Crippen LogP contribution in [0.4, 0.5) is 0 Å². The van der Waals surface area contributed by atoms with Gasteiger partial charge in [-0.2, -0.15) is 0 Å². The van der Waals surface area contributed by atoms with Crippen molar-refractivity contribution in [2.75, 3.05) is 7.05 Å². The van der Waals surface area contributed by atoms with E-state index in [-0.39, 0.29) is 0 Å². The molecule has 3 aromatic heterocycles. The third-order valence-electron chi connectivity index (χ3n) is 3.73. The molecule has 0 aliphatic rings. The second kappa shape index (κ2) is 6.21. The van der Waals surface area contributed by atoms with Crippen LogP contribution in [0, 0.1) is 0 Å². The lowest BCUT2D eigenvalue weighted by molar-refractivity contribution is 0.267. The van der Waals surface area contributed by atoms with E-state index in [0.29, 0.717) is 6.54 Å². The standard InChI is InChI=1S/C17H15N5O2/c1-22(10-12-2-3-15-17(8-12)21-24-20-15)11-14-9-16(19-23-14)13-4-6-18-7-5-13/h2-9H,10-11H2,1H3. The number of nitrogens with zero attached hydrogens (tertiary/aromatic N) is 5. The fraction of sp³-hybridized carbons (Fsp3) is 0.176. The Labute approximate surface area is 137 Å². The molecule has 1 aromatic carbocycles. The molecular weight excluding hydrogens is 306 g/mol. The van der Waals surface area contributed by atoms with Gasteiger partial charge >= 0.3 is 0 Å². The molecule has 0 amide bonds. The molecule has 0 unspecified atom stereocenters. The molecule has 120 valence electrons. The van der Waals surface area contributed by atoms with E-state index < -0.39 is 0 Å². The predicted molar refractivity (Wildman–Crippen MR) is 86.7 cm³/mol. The van der Waals surface area contributed by atoms with Crippen molar-refractivity contribution in [2.24, 2.45) is 0 Å². The number of pyridine rings is 1. The van der Waals surface area contributed by atoms with Gasteiger partial charge < -0.3 is 4.52 Å². The van der Waals surface area contributed by atoms with Crippen LogP contribution in [0.15, 0.2) is 57.9 Å². The van der Waals surface area contributed by atoms with Crippen LogP contribution in [0.2, 0.25) is 0 Å². The zero-order valence-electron chi connectivity index (χ0n) is 13.1. The maximum Gasteiger partial charge on any atom is 0.151 e. The molecule has 0 saturated carbocycles. The van der Waals surface area contributed by atoms with Gasteiger partial charge in [0.15, 0.2) is 5.76 Å². The molecule has 7 heteroatoms. The Morgan fingerprint density at radius 2 is 1.75 bits per heavy atom. The smallest absolute Gasteiger partial charge is 0.151 e. The van der Waals surface area contributed by atoms with E-state index in [0.717, 1.165) is 40.2 Å². The predicted octanol–water partition coefficient (Wildman–Crippen LogP) is 2.90. The van der Waals surface area contributed by atoms with E-state index >= 15 is 0 Å². The number of aromatic nitrogens is 4. The van der Waals surface area contributed by atoms with Crippen LogP contribution in [0.5, 0.6) is 0 Å². The van der Waals surface area contributed by atoms with Gasteiger partial charge in [0.05, 0.1) is 6.54 Å². The molecule has 3 heterocycles. The van der Waals surface area contributed by atoms with Gasteiger partial charge in [0, 0.05) is 30.6 Å². The van der Waals surface area contributed by atoms with Gasteiger partial charge in [-0.1, -0.05) is 11.2 Å². The molecule has 0 radical (unpaired) electrons. The average molecular weight is 321 g/mol. The van der Waals surface area contributed by atoms with E-state index in [1.165, 1.54) is 0 Å². The summed E-state index contributed by atoms with van der Waals surface area (Å²) in [6.45, 7) is 1.42. The average Bonchev–Trinajstić information content (AvgIpc) is 3.24. The second-order valence-corrected chi connectivity index (χ2v) is 5.67. The molecule has 24 heavy (non-hydrogen) atoms. The first-order chi connectivity index (χ1) is 11.8. The first kappa shape index (κ1) is 14.5. The van der Waals surface area contributed by atoms with Crippen molar-refractivity contribution < 1.29 is 9.15 Å². The first-order valence-corrected chi connectivity index (χ1v) is 7.54. The normalized spacial score (nSPS) is 11.4. The van der Waals surface area contributed by atoms with Gasteiger partial charge in [-0.3, -0.25) is 9.88 Å².